The Bertz CT molecular complexity index is 1780. The van der Waals surface area contributed by atoms with E-state index in [1.807, 2.05) is 0 Å². The molecule has 0 saturated carbocycles. The molecule has 0 aliphatic rings. The molecule has 0 saturated heterocycles. The van der Waals surface area contributed by atoms with Gasteiger partial charge in [0.15, 0.2) is 0 Å². The second-order valence-corrected chi connectivity index (χ2v) is 12.0. The van der Waals surface area contributed by atoms with E-state index in [1.54, 1.807) is 0 Å². The maximum absolute atomic E-state index is 13.8. The summed E-state index contributed by atoms with van der Waals surface area (Å²) in [6.45, 7) is -6.10. The van der Waals surface area contributed by atoms with Crippen molar-refractivity contribution < 1.29 is 124 Å². The van der Waals surface area contributed by atoms with Gasteiger partial charge in [0.1, 0.15) is 0 Å². The minimum Gasteiger partial charge on any atom is -0.611 e. The average molecular weight is 927 g/mol. The van der Waals surface area contributed by atoms with Crippen molar-refractivity contribution in [2.24, 2.45) is 0 Å². The fraction of sp³-hybridized carbons (Fsp3) is 0.250. The third-order valence-electron chi connectivity index (χ3n) is 7.37. The van der Waals surface area contributed by atoms with E-state index in [-0.39, 0.29) is 0 Å². The molecule has 4 rings (SSSR count). The number of hydrogen-bond acceptors (Lipinski definition) is 4. The van der Waals surface area contributed by atoms with Crippen LogP contribution >= 0.6 is 0 Å². The summed E-state index contributed by atoms with van der Waals surface area (Å²) in [5.41, 5.74) is -19.7. The van der Waals surface area contributed by atoms with Gasteiger partial charge >= 0.3 is 56.4 Å². The van der Waals surface area contributed by atoms with Crippen LogP contribution in [0.5, 0.6) is 23.0 Å². The predicted octanol–water partition coefficient (Wildman–Crippen LogP) is 13.9. The summed E-state index contributed by atoms with van der Waals surface area (Å²) in [6, 6.07) is -7.38. The molecule has 0 N–H and O–H groups in total. The van der Waals surface area contributed by atoms with Crippen LogP contribution in [-0.4, -0.2) is 6.96 Å². The van der Waals surface area contributed by atoms with Crippen LogP contribution in [0.4, 0.5) is 105 Å². The van der Waals surface area contributed by atoms with Crippen LogP contribution in [0, 0.1) is 0 Å². The summed E-state index contributed by atoms with van der Waals surface area (Å²) >= 11 is 0. The summed E-state index contributed by atoms with van der Waals surface area (Å²) in [7, 11) is 0. The Morgan fingerprint density at radius 3 is 0.426 bits per heavy atom. The van der Waals surface area contributed by atoms with E-state index in [0.29, 0.717) is 0 Å². The minimum atomic E-state index is -6.10. The lowest BCUT2D eigenvalue weighted by Crippen LogP contribution is -2.60. The van der Waals surface area contributed by atoms with Crippen LogP contribution in [0.3, 0.4) is 0 Å². The molecule has 0 fully saturated rings. The Kier molecular flexibility index (Phi) is 12.2. The largest absolute Gasteiger partial charge is 0.777 e. The van der Waals surface area contributed by atoms with Crippen molar-refractivity contribution in [2.45, 2.75) is 49.4 Å². The Hall–Kier alpha value is -5.54. The van der Waals surface area contributed by atoms with Crippen LogP contribution in [0.15, 0.2) is 72.8 Å². The van der Waals surface area contributed by atoms with E-state index in [9.17, 15) is 105 Å². The highest BCUT2D eigenvalue weighted by Crippen LogP contribution is 2.45. The van der Waals surface area contributed by atoms with Crippen molar-refractivity contribution in [2.75, 3.05) is 0 Å². The van der Waals surface area contributed by atoms with Gasteiger partial charge in [-0.25, -0.2) is 0 Å². The van der Waals surface area contributed by atoms with Gasteiger partial charge < -0.3 is 18.6 Å². The van der Waals surface area contributed by atoms with Gasteiger partial charge in [0.2, 0.25) is 0 Å². The van der Waals surface area contributed by atoms with Gasteiger partial charge in [0, 0.05) is 0 Å². The van der Waals surface area contributed by atoms with Crippen LogP contribution in [0.1, 0.15) is 44.5 Å². The summed E-state index contributed by atoms with van der Waals surface area (Å²) in [6.07, 6.45) is -47.3. The smallest absolute Gasteiger partial charge is 0.611 e. The molecule has 0 atom stereocenters. The van der Waals surface area contributed by atoms with E-state index < -0.39 is 197 Å². The number of halogens is 24. The second kappa shape index (κ2) is 15.4. The van der Waals surface area contributed by atoms with Gasteiger partial charge in [-0.15, -0.1) is 0 Å². The lowest BCUT2D eigenvalue weighted by atomic mass is 9.99. The normalized spacial score (nSPS) is 13.9. The maximum atomic E-state index is 13.8. The Labute approximate surface area is 321 Å². The summed E-state index contributed by atoms with van der Waals surface area (Å²) in [4.78, 5) is 0. The first-order valence-electron chi connectivity index (χ1n) is 15.2. The van der Waals surface area contributed by atoms with Crippen molar-refractivity contribution >= 4 is 6.96 Å². The first-order valence-corrected chi connectivity index (χ1v) is 15.2. The molecule has 0 unspecified atom stereocenters. The SMILES string of the molecule is FC(F)(F)c1cc(O[B-](Oc2cc(C(F)(F)F)cc(C(F)(F)F)c2)(Oc2cc(C(F)(F)F)cc(C(F)(F)F)c2)Oc2cc(C(F)(F)F)cc(C(F)(F)F)c2)cc(C(F)(F)F)c1. The summed E-state index contributed by atoms with van der Waals surface area (Å²) in [5, 5.41) is 0. The average Bonchev–Trinajstić information content (AvgIpc) is 3.04. The molecule has 0 aliphatic carbocycles. The molecule has 4 nitrogen and oxygen atoms in total. The zero-order valence-electron chi connectivity index (χ0n) is 28.2. The van der Waals surface area contributed by atoms with Crippen molar-refractivity contribution in [1.82, 2.24) is 0 Å². The number of rotatable bonds is 8. The third-order valence-corrected chi connectivity index (χ3v) is 7.37. The van der Waals surface area contributed by atoms with Crippen molar-refractivity contribution in [3.05, 3.63) is 117 Å². The lowest BCUT2D eigenvalue weighted by molar-refractivity contribution is -0.144. The molecule has 0 aromatic heterocycles. The van der Waals surface area contributed by atoms with Gasteiger partial charge in [-0.3, -0.25) is 0 Å². The summed E-state index contributed by atoms with van der Waals surface area (Å²) in [5.74, 6) is -8.63. The molecule has 0 spiro atoms. The van der Waals surface area contributed by atoms with Gasteiger partial charge in [-0.05, 0) is 72.8 Å². The molecular formula is C32H12BF24O4-. The van der Waals surface area contributed by atoms with Crippen LogP contribution < -0.4 is 18.6 Å². The van der Waals surface area contributed by atoms with Gasteiger partial charge in [-0.2, -0.15) is 105 Å². The molecule has 0 radical (unpaired) electrons. The predicted molar refractivity (Wildman–Crippen MR) is 154 cm³/mol. The number of hydrogen-bond donors (Lipinski definition) is 0. The highest BCUT2D eigenvalue weighted by Gasteiger charge is 2.48. The molecule has 336 valence electrons. The molecule has 4 aromatic rings. The molecule has 61 heavy (non-hydrogen) atoms. The topological polar surface area (TPSA) is 36.9 Å². The summed E-state index contributed by atoms with van der Waals surface area (Å²) < 4.78 is 350. The molecule has 0 bridgehead atoms. The molecule has 29 heteroatoms. The van der Waals surface area contributed by atoms with E-state index in [1.165, 1.54) is 0 Å². The van der Waals surface area contributed by atoms with E-state index in [0.717, 1.165) is 0 Å². The fourth-order valence-corrected chi connectivity index (χ4v) is 4.79. The van der Waals surface area contributed by atoms with Crippen LogP contribution in [0.2, 0.25) is 0 Å². The third kappa shape index (κ3) is 12.3. The molecule has 0 aliphatic heterocycles. The van der Waals surface area contributed by atoms with Gasteiger partial charge in [0.25, 0.3) is 0 Å². The Morgan fingerprint density at radius 2 is 0.328 bits per heavy atom. The van der Waals surface area contributed by atoms with Crippen LogP contribution in [-0.2, 0) is 49.4 Å². The minimum absolute atomic E-state index is 0.574. The first-order chi connectivity index (χ1) is 27.2. The fourth-order valence-electron chi connectivity index (χ4n) is 4.79. The van der Waals surface area contributed by atoms with Crippen molar-refractivity contribution in [3.63, 3.8) is 0 Å². The Morgan fingerprint density at radius 1 is 0.213 bits per heavy atom. The molecular weight excluding hydrogens is 915 g/mol. The van der Waals surface area contributed by atoms with Gasteiger partial charge in [-0.1, -0.05) is 0 Å². The van der Waals surface area contributed by atoms with E-state index in [2.05, 4.69) is 0 Å². The zero-order valence-corrected chi connectivity index (χ0v) is 28.2. The highest BCUT2D eigenvalue weighted by atomic mass is 19.4. The zero-order chi connectivity index (χ0) is 46.7. The van der Waals surface area contributed by atoms with Crippen molar-refractivity contribution in [3.8, 4) is 23.0 Å². The number of alkyl halides is 24. The van der Waals surface area contributed by atoms with Crippen molar-refractivity contribution in [1.29, 1.82) is 0 Å². The second-order valence-electron chi connectivity index (χ2n) is 12.0. The lowest BCUT2D eigenvalue weighted by Gasteiger charge is -2.42. The quantitative estimate of drug-likeness (QED) is 0.130. The van der Waals surface area contributed by atoms with E-state index >= 15 is 0 Å². The first kappa shape index (κ1) is 48.1. The Balaban J connectivity index is 2.23. The standard InChI is InChI=1S/C32H12BF24O4/c34-25(35,36)13-1-14(26(37,38)39)6-21(5-13)58-33(59-22-7-15(27(40,41)42)2-16(8-22)28(43,44)45,60-23-9-17(29(46,47)48)3-18(10-23)30(49,50)51)61-24-11-19(31(52,53)54)4-20(12-24)32(55,56)57/h1-12H/q-1. The van der Waals surface area contributed by atoms with Crippen LogP contribution in [0.25, 0.3) is 0 Å². The monoisotopic (exact) mass is 927 g/mol. The molecule has 0 amide bonds. The molecule has 4 aromatic carbocycles. The highest BCUT2D eigenvalue weighted by molar-refractivity contribution is 6.57. The number of benzene rings is 4. The van der Waals surface area contributed by atoms with E-state index in [4.69, 9.17) is 18.6 Å². The maximum Gasteiger partial charge on any atom is 0.777 e. The molecule has 0 heterocycles. The van der Waals surface area contributed by atoms with Gasteiger partial charge in [0.05, 0.1) is 67.5 Å².